The molecule has 0 aliphatic carbocycles. The lowest BCUT2D eigenvalue weighted by Gasteiger charge is -2.34. The molecule has 1 unspecified atom stereocenters. The van der Waals surface area contributed by atoms with E-state index in [1.54, 1.807) is 6.92 Å². The summed E-state index contributed by atoms with van der Waals surface area (Å²) >= 11 is 0. The maximum absolute atomic E-state index is 12.7. The molecule has 2 fully saturated rings. The average molecular weight is 361 g/mol. The highest BCUT2D eigenvalue weighted by molar-refractivity contribution is 5.76. The molecule has 0 aromatic carbocycles. The zero-order chi connectivity index (χ0) is 18.8. The van der Waals surface area contributed by atoms with E-state index in [0.717, 1.165) is 63.3 Å². The van der Waals surface area contributed by atoms with Gasteiger partial charge >= 0.3 is 0 Å². The molecule has 1 atom stereocenters. The first-order valence-corrected chi connectivity index (χ1v) is 9.89. The Balaban J connectivity index is 1.48. The second-order valence-electron chi connectivity index (χ2n) is 8.00. The molecule has 144 valence electrons. The Morgan fingerprint density at radius 3 is 2.23 bits per heavy atom. The van der Waals surface area contributed by atoms with Crippen molar-refractivity contribution in [1.29, 1.82) is 0 Å². The average Bonchev–Trinajstić information content (AvgIpc) is 3.19. The third kappa shape index (κ3) is 3.94. The van der Waals surface area contributed by atoms with Gasteiger partial charge in [0.1, 0.15) is 0 Å². The molecule has 6 heteroatoms. The first kappa shape index (κ1) is 18.9. The molecule has 0 spiro atoms. The molecule has 3 rings (SSSR count). The van der Waals surface area contributed by atoms with Crippen molar-refractivity contribution in [3.05, 3.63) is 17.0 Å². The molecule has 26 heavy (non-hydrogen) atoms. The van der Waals surface area contributed by atoms with Crippen LogP contribution in [0.4, 0.5) is 0 Å². The summed E-state index contributed by atoms with van der Waals surface area (Å²) in [4.78, 5) is 28.1. The van der Waals surface area contributed by atoms with Crippen LogP contribution in [0.3, 0.4) is 0 Å². The maximum Gasteiger partial charge on any atom is 0.222 e. The molecule has 6 nitrogen and oxygen atoms in total. The molecule has 0 saturated carbocycles. The van der Waals surface area contributed by atoms with Gasteiger partial charge in [0.25, 0.3) is 0 Å². The number of nitrogens with zero attached hydrogens (tertiary/aromatic N) is 4. The summed E-state index contributed by atoms with van der Waals surface area (Å²) in [6.45, 7) is 9.29. The van der Waals surface area contributed by atoms with Crippen molar-refractivity contribution in [3.63, 3.8) is 0 Å². The Morgan fingerprint density at radius 2 is 1.65 bits per heavy atom. The maximum atomic E-state index is 12.7. The fourth-order valence-electron chi connectivity index (χ4n) is 4.65. The first-order chi connectivity index (χ1) is 12.4. The van der Waals surface area contributed by atoms with Gasteiger partial charge in [-0.15, -0.1) is 0 Å². The summed E-state index contributed by atoms with van der Waals surface area (Å²) in [5, 5.41) is 4.44. The van der Waals surface area contributed by atoms with Crippen LogP contribution in [-0.2, 0) is 23.1 Å². The number of aromatic nitrogens is 2. The van der Waals surface area contributed by atoms with Gasteiger partial charge in [-0.3, -0.25) is 14.3 Å². The first-order valence-electron chi connectivity index (χ1n) is 9.89. The fourth-order valence-corrected chi connectivity index (χ4v) is 4.65. The molecule has 2 aliphatic rings. The summed E-state index contributed by atoms with van der Waals surface area (Å²) in [7, 11) is 1.95. The molecule has 0 N–H and O–H groups in total. The third-order valence-electron chi connectivity index (χ3n) is 6.48. The summed E-state index contributed by atoms with van der Waals surface area (Å²) in [6, 6.07) is 0. The van der Waals surface area contributed by atoms with Crippen LogP contribution in [0.1, 0.15) is 49.6 Å². The lowest BCUT2D eigenvalue weighted by atomic mass is 9.84. The van der Waals surface area contributed by atoms with Crippen LogP contribution in [-0.4, -0.2) is 57.6 Å². The van der Waals surface area contributed by atoms with Gasteiger partial charge in [0.15, 0.2) is 0 Å². The second-order valence-corrected chi connectivity index (χ2v) is 8.00. The zero-order valence-electron chi connectivity index (χ0n) is 16.6. The van der Waals surface area contributed by atoms with Crippen LogP contribution < -0.4 is 0 Å². The van der Waals surface area contributed by atoms with E-state index in [1.165, 1.54) is 5.56 Å². The van der Waals surface area contributed by atoms with Gasteiger partial charge in [0.05, 0.1) is 5.69 Å². The molecule has 2 aliphatic heterocycles. The number of hydrogen-bond acceptors (Lipinski definition) is 3. The van der Waals surface area contributed by atoms with E-state index in [4.69, 9.17) is 0 Å². The van der Waals surface area contributed by atoms with Crippen molar-refractivity contribution in [1.82, 2.24) is 19.6 Å². The topological polar surface area (TPSA) is 58.4 Å². The highest BCUT2D eigenvalue weighted by Gasteiger charge is 2.34. The van der Waals surface area contributed by atoms with Gasteiger partial charge in [-0.05, 0) is 56.9 Å². The Bertz CT molecular complexity index is 674. The van der Waals surface area contributed by atoms with Crippen molar-refractivity contribution in [2.75, 3.05) is 26.2 Å². The highest BCUT2D eigenvalue weighted by Crippen LogP contribution is 2.32. The minimum atomic E-state index is 0.188. The standard InChI is InChI=1S/C20H32N4O2/c1-14-19(15(2)22(4)21-14)5-6-20(26)24-12-9-18(13-24)17-7-10-23(11-8-17)16(3)25/h17-18H,5-13H2,1-4H3. The molecular formula is C20H32N4O2. The van der Waals surface area contributed by atoms with E-state index in [-0.39, 0.29) is 11.8 Å². The van der Waals surface area contributed by atoms with Crippen LogP contribution in [0.2, 0.25) is 0 Å². The minimum Gasteiger partial charge on any atom is -0.343 e. The summed E-state index contributed by atoms with van der Waals surface area (Å²) in [6.07, 6.45) is 4.63. The molecule has 3 heterocycles. The number of likely N-dealkylation sites (tertiary alicyclic amines) is 2. The highest BCUT2D eigenvalue weighted by atomic mass is 16.2. The van der Waals surface area contributed by atoms with Crippen molar-refractivity contribution in [3.8, 4) is 0 Å². The Labute approximate surface area is 156 Å². The molecule has 1 aromatic heterocycles. The van der Waals surface area contributed by atoms with Gasteiger partial charge in [-0.1, -0.05) is 0 Å². The van der Waals surface area contributed by atoms with Crippen molar-refractivity contribution in [2.24, 2.45) is 18.9 Å². The summed E-state index contributed by atoms with van der Waals surface area (Å²) < 4.78 is 1.90. The lowest BCUT2D eigenvalue weighted by Crippen LogP contribution is -2.39. The van der Waals surface area contributed by atoms with Crippen molar-refractivity contribution >= 4 is 11.8 Å². The van der Waals surface area contributed by atoms with Gasteiger partial charge in [0, 0.05) is 52.3 Å². The van der Waals surface area contributed by atoms with Crippen LogP contribution in [0.15, 0.2) is 0 Å². The van der Waals surface area contributed by atoms with E-state index >= 15 is 0 Å². The Morgan fingerprint density at radius 1 is 1.04 bits per heavy atom. The lowest BCUT2D eigenvalue weighted by molar-refractivity contribution is -0.130. The van der Waals surface area contributed by atoms with Crippen LogP contribution in [0.25, 0.3) is 0 Å². The van der Waals surface area contributed by atoms with Gasteiger partial charge in [-0.25, -0.2) is 0 Å². The molecule has 1 aromatic rings. The Hall–Kier alpha value is -1.85. The van der Waals surface area contributed by atoms with Gasteiger partial charge in [0.2, 0.25) is 11.8 Å². The summed E-state index contributed by atoms with van der Waals surface area (Å²) in [5.41, 5.74) is 3.41. The number of rotatable bonds is 4. The van der Waals surface area contributed by atoms with E-state index in [9.17, 15) is 9.59 Å². The number of hydrogen-bond donors (Lipinski definition) is 0. The number of carbonyl (C=O) groups is 2. The van der Waals surface area contributed by atoms with Crippen LogP contribution >= 0.6 is 0 Å². The number of piperidine rings is 1. The van der Waals surface area contributed by atoms with E-state index < -0.39 is 0 Å². The van der Waals surface area contributed by atoms with Crippen molar-refractivity contribution < 1.29 is 9.59 Å². The minimum absolute atomic E-state index is 0.188. The zero-order valence-corrected chi connectivity index (χ0v) is 16.6. The van der Waals surface area contributed by atoms with Crippen LogP contribution in [0.5, 0.6) is 0 Å². The largest absolute Gasteiger partial charge is 0.343 e. The second kappa shape index (κ2) is 7.80. The molecular weight excluding hydrogens is 328 g/mol. The van der Waals surface area contributed by atoms with Crippen LogP contribution in [0, 0.1) is 25.7 Å². The quantitative estimate of drug-likeness (QED) is 0.826. The van der Waals surface area contributed by atoms with Crippen molar-refractivity contribution in [2.45, 2.75) is 52.9 Å². The number of carbonyl (C=O) groups excluding carboxylic acids is 2. The van der Waals surface area contributed by atoms with Gasteiger partial charge < -0.3 is 9.80 Å². The normalized spacial score (nSPS) is 21.5. The van der Waals surface area contributed by atoms with Gasteiger partial charge in [-0.2, -0.15) is 5.10 Å². The molecule has 0 radical (unpaired) electrons. The Kier molecular flexibility index (Phi) is 5.68. The van der Waals surface area contributed by atoms with E-state index in [2.05, 4.69) is 16.9 Å². The predicted molar refractivity (Wildman–Crippen MR) is 101 cm³/mol. The SMILES string of the molecule is CC(=O)N1CCC(C2CCN(C(=O)CCc3c(C)nn(C)c3C)C2)CC1. The summed E-state index contributed by atoms with van der Waals surface area (Å²) in [5.74, 6) is 1.73. The monoisotopic (exact) mass is 360 g/mol. The van der Waals surface area contributed by atoms with E-state index in [1.807, 2.05) is 23.6 Å². The smallest absolute Gasteiger partial charge is 0.222 e. The van der Waals surface area contributed by atoms with E-state index in [0.29, 0.717) is 18.3 Å². The molecule has 0 bridgehead atoms. The number of aryl methyl sites for hydroxylation is 2. The third-order valence-corrected chi connectivity index (χ3v) is 6.48. The predicted octanol–water partition coefficient (Wildman–Crippen LogP) is 2.08. The molecule has 2 amide bonds. The molecule has 2 saturated heterocycles. The number of amides is 2. The fraction of sp³-hybridized carbons (Fsp3) is 0.750.